The first-order chi connectivity index (χ1) is 7.01. The van der Waals surface area contributed by atoms with Crippen molar-refractivity contribution in [3.05, 3.63) is 23.9 Å². The van der Waals surface area contributed by atoms with Gasteiger partial charge in [-0.3, -0.25) is 0 Å². The first kappa shape index (κ1) is 13.2. The lowest BCUT2D eigenvalue weighted by atomic mass is 10.2. The summed E-state index contributed by atoms with van der Waals surface area (Å²) in [6.45, 7) is 0. The lowest BCUT2D eigenvalue weighted by Crippen LogP contribution is -2.09. The molecule has 0 aromatic carbocycles. The minimum atomic E-state index is -0.524. The van der Waals surface area contributed by atoms with Crippen LogP contribution in [0.4, 0.5) is 0 Å². The first-order valence-corrected chi connectivity index (χ1v) is 4.23. The van der Waals surface area contributed by atoms with E-state index in [0.717, 1.165) is 6.08 Å². The molecule has 0 aromatic heterocycles. The van der Waals surface area contributed by atoms with Gasteiger partial charge in [0, 0.05) is 26.4 Å². The Balaban J connectivity index is 4.74. The van der Waals surface area contributed by atoms with Gasteiger partial charge >= 0.3 is 11.9 Å². The molecule has 5 heteroatoms. The molecule has 5 nitrogen and oxygen atoms in total. The molecule has 0 spiro atoms. The van der Waals surface area contributed by atoms with E-state index in [-0.39, 0.29) is 5.57 Å². The Bertz CT molecular complexity index is 292. The van der Waals surface area contributed by atoms with E-state index in [1.54, 1.807) is 25.2 Å². The number of ether oxygens (including phenoxy) is 2. The first-order valence-electron chi connectivity index (χ1n) is 4.23. The second-order valence-corrected chi connectivity index (χ2v) is 2.90. The molecular weight excluding hydrogens is 198 g/mol. The summed E-state index contributed by atoms with van der Waals surface area (Å²) in [5.41, 5.74) is 0.271. The number of methoxy groups -OCH3 is 2. The predicted molar refractivity (Wildman–Crippen MR) is 54.9 cm³/mol. The minimum absolute atomic E-state index is 0.271. The molecule has 0 saturated heterocycles. The van der Waals surface area contributed by atoms with Gasteiger partial charge in [0.15, 0.2) is 0 Å². The molecule has 0 aromatic rings. The standard InChI is InChI=1S/C10H15NO4/c1-11(2)7-8(10(13)15-4)5-6-9(12)14-3/h5-7H,1-4H3/b6-5+,8-7-. The predicted octanol–water partition coefficient (Wildman–Crippen LogP) is 0.334. The van der Waals surface area contributed by atoms with Gasteiger partial charge in [-0.25, -0.2) is 9.59 Å². The molecule has 0 heterocycles. The molecule has 0 saturated carbocycles. The Morgan fingerprint density at radius 3 is 2.07 bits per heavy atom. The molecule has 0 radical (unpaired) electrons. The normalized spacial score (nSPS) is 11.3. The number of hydrogen-bond acceptors (Lipinski definition) is 5. The summed E-state index contributed by atoms with van der Waals surface area (Å²) in [6.07, 6.45) is 4.05. The molecule has 0 fully saturated rings. The van der Waals surface area contributed by atoms with Crippen LogP contribution in [0.15, 0.2) is 23.9 Å². The van der Waals surface area contributed by atoms with Crippen molar-refractivity contribution in [1.29, 1.82) is 0 Å². The average molecular weight is 213 g/mol. The fraction of sp³-hybridized carbons (Fsp3) is 0.400. The topological polar surface area (TPSA) is 55.8 Å². The van der Waals surface area contributed by atoms with E-state index in [2.05, 4.69) is 9.47 Å². The third-order valence-electron chi connectivity index (χ3n) is 1.42. The van der Waals surface area contributed by atoms with Gasteiger partial charge in [0.25, 0.3) is 0 Å². The number of esters is 2. The van der Waals surface area contributed by atoms with Crippen LogP contribution in [0.2, 0.25) is 0 Å². The molecule has 15 heavy (non-hydrogen) atoms. The maximum absolute atomic E-state index is 11.2. The van der Waals surface area contributed by atoms with E-state index in [9.17, 15) is 9.59 Å². The van der Waals surface area contributed by atoms with Crippen molar-refractivity contribution in [3.8, 4) is 0 Å². The third-order valence-corrected chi connectivity index (χ3v) is 1.42. The Kier molecular flexibility index (Phi) is 5.85. The monoisotopic (exact) mass is 213 g/mol. The fourth-order valence-corrected chi connectivity index (χ4v) is 0.786. The van der Waals surface area contributed by atoms with Crippen molar-refractivity contribution in [2.45, 2.75) is 0 Å². The van der Waals surface area contributed by atoms with Crippen molar-refractivity contribution in [2.75, 3.05) is 28.3 Å². The number of hydrogen-bond donors (Lipinski definition) is 0. The van der Waals surface area contributed by atoms with Crippen LogP contribution in [-0.2, 0) is 19.1 Å². The fourth-order valence-electron chi connectivity index (χ4n) is 0.786. The molecule has 84 valence electrons. The number of rotatable bonds is 4. The van der Waals surface area contributed by atoms with Crippen LogP contribution in [0.5, 0.6) is 0 Å². The number of nitrogens with zero attached hydrogens (tertiary/aromatic N) is 1. The summed E-state index contributed by atoms with van der Waals surface area (Å²) >= 11 is 0. The highest BCUT2D eigenvalue weighted by Gasteiger charge is 2.06. The van der Waals surface area contributed by atoms with Crippen LogP contribution in [0.25, 0.3) is 0 Å². The summed E-state index contributed by atoms with van der Waals surface area (Å²) in [5, 5.41) is 0. The summed E-state index contributed by atoms with van der Waals surface area (Å²) < 4.78 is 8.94. The zero-order chi connectivity index (χ0) is 11.8. The molecule has 0 rings (SSSR count). The minimum Gasteiger partial charge on any atom is -0.466 e. The molecule has 0 bridgehead atoms. The molecule has 0 N–H and O–H groups in total. The maximum Gasteiger partial charge on any atom is 0.339 e. The maximum atomic E-state index is 11.2. The smallest absolute Gasteiger partial charge is 0.339 e. The van der Waals surface area contributed by atoms with Crippen LogP contribution >= 0.6 is 0 Å². The van der Waals surface area contributed by atoms with Gasteiger partial charge in [0.2, 0.25) is 0 Å². The third kappa shape index (κ3) is 5.51. The Morgan fingerprint density at radius 1 is 1.07 bits per heavy atom. The Morgan fingerprint density at radius 2 is 1.67 bits per heavy atom. The van der Waals surface area contributed by atoms with Crippen molar-refractivity contribution in [1.82, 2.24) is 4.90 Å². The second-order valence-electron chi connectivity index (χ2n) is 2.90. The molecule has 0 atom stereocenters. The van der Waals surface area contributed by atoms with Crippen molar-refractivity contribution >= 4 is 11.9 Å². The molecule has 0 unspecified atom stereocenters. The molecule has 0 aliphatic carbocycles. The SMILES string of the molecule is COC(=O)/C=C/C(=C/N(C)C)C(=O)OC. The van der Waals surface area contributed by atoms with E-state index >= 15 is 0 Å². The highest BCUT2D eigenvalue weighted by atomic mass is 16.5. The van der Waals surface area contributed by atoms with Gasteiger partial charge in [-0.2, -0.15) is 0 Å². The van der Waals surface area contributed by atoms with Crippen LogP contribution in [0, 0.1) is 0 Å². The van der Waals surface area contributed by atoms with Crippen molar-refractivity contribution in [2.24, 2.45) is 0 Å². The highest BCUT2D eigenvalue weighted by molar-refractivity contribution is 5.93. The van der Waals surface area contributed by atoms with Crippen LogP contribution in [0.3, 0.4) is 0 Å². The van der Waals surface area contributed by atoms with E-state index in [1.807, 2.05) is 0 Å². The van der Waals surface area contributed by atoms with E-state index in [1.165, 1.54) is 20.3 Å². The molecule has 0 aliphatic rings. The molecule has 0 amide bonds. The van der Waals surface area contributed by atoms with Crippen LogP contribution in [-0.4, -0.2) is 45.2 Å². The average Bonchev–Trinajstić information content (AvgIpc) is 2.21. The lowest BCUT2D eigenvalue weighted by Gasteiger charge is -2.06. The Hall–Kier alpha value is -1.78. The zero-order valence-corrected chi connectivity index (χ0v) is 9.31. The van der Waals surface area contributed by atoms with Gasteiger partial charge in [-0.1, -0.05) is 0 Å². The molecular formula is C10H15NO4. The van der Waals surface area contributed by atoms with Crippen LogP contribution < -0.4 is 0 Å². The highest BCUT2D eigenvalue weighted by Crippen LogP contribution is 2.01. The van der Waals surface area contributed by atoms with Gasteiger partial charge in [0.05, 0.1) is 19.8 Å². The number of carbonyl (C=O) groups is 2. The summed E-state index contributed by atoms with van der Waals surface area (Å²) in [4.78, 5) is 23.7. The zero-order valence-electron chi connectivity index (χ0n) is 9.31. The lowest BCUT2D eigenvalue weighted by molar-refractivity contribution is -0.135. The quantitative estimate of drug-likeness (QED) is 0.383. The second kappa shape index (κ2) is 6.64. The summed E-state index contributed by atoms with van der Waals surface area (Å²) in [5.74, 6) is -1.03. The largest absolute Gasteiger partial charge is 0.466 e. The van der Waals surface area contributed by atoms with Gasteiger partial charge in [0.1, 0.15) is 0 Å². The van der Waals surface area contributed by atoms with E-state index in [4.69, 9.17) is 0 Å². The molecule has 0 aliphatic heterocycles. The number of carbonyl (C=O) groups excluding carboxylic acids is 2. The van der Waals surface area contributed by atoms with Crippen molar-refractivity contribution < 1.29 is 19.1 Å². The van der Waals surface area contributed by atoms with Gasteiger partial charge in [-0.15, -0.1) is 0 Å². The summed E-state index contributed by atoms with van der Waals surface area (Å²) in [7, 11) is 6.06. The van der Waals surface area contributed by atoms with Gasteiger partial charge < -0.3 is 14.4 Å². The van der Waals surface area contributed by atoms with Gasteiger partial charge in [-0.05, 0) is 6.08 Å². The van der Waals surface area contributed by atoms with E-state index < -0.39 is 11.9 Å². The Labute approximate surface area is 89.0 Å². The van der Waals surface area contributed by atoms with E-state index in [0.29, 0.717) is 0 Å². The van der Waals surface area contributed by atoms with Crippen molar-refractivity contribution in [3.63, 3.8) is 0 Å². The summed E-state index contributed by atoms with van der Waals surface area (Å²) in [6, 6.07) is 0. The van der Waals surface area contributed by atoms with Crippen LogP contribution in [0.1, 0.15) is 0 Å².